The second-order valence-corrected chi connectivity index (χ2v) is 5.88. The molecule has 1 fully saturated rings. The lowest BCUT2D eigenvalue weighted by Crippen LogP contribution is -2.26. The van der Waals surface area contributed by atoms with Gasteiger partial charge in [-0.3, -0.25) is 0 Å². The molecule has 3 unspecified atom stereocenters. The van der Waals surface area contributed by atoms with Crippen LogP contribution in [-0.4, -0.2) is 17.8 Å². The van der Waals surface area contributed by atoms with E-state index in [-0.39, 0.29) is 12.1 Å². The summed E-state index contributed by atoms with van der Waals surface area (Å²) in [5, 5.41) is 13.4. The number of nitrogens with one attached hydrogen (secondary N) is 1. The molecule has 2 rings (SSSR count). The smallest absolute Gasteiger partial charge is 0.120 e. The molecule has 1 saturated carbocycles. The Morgan fingerprint density at radius 2 is 2.16 bits per heavy atom. The lowest BCUT2D eigenvalue weighted by molar-refractivity contribution is 0.0642. The molecule has 3 atom stereocenters. The Labute approximate surface area is 116 Å². The van der Waals surface area contributed by atoms with Crippen LogP contribution in [0.25, 0.3) is 0 Å². The molecule has 0 aromatic carbocycles. The fourth-order valence-corrected chi connectivity index (χ4v) is 2.99. The van der Waals surface area contributed by atoms with Gasteiger partial charge in [-0.05, 0) is 64.1 Å². The average molecular weight is 265 g/mol. The zero-order valence-corrected chi connectivity index (χ0v) is 12.2. The summed E-state index contributed by atoms with van der Waals surface area (Å²) in [7, 11) is 0. The zero-order chi connectivity index (χ0) is 13.7. The minimum Gasteiger partial charge on any atom is -0.465 e. The normalized spacial score (nSPS) is 25.4. The molecular weight excluding hydrogens is 238 g/mol. The lowest BCUT2D eigenvalue weighted by Gasteiger charge is -2.27. The van der Waals surface area contributed by atoms with Crippen LogP contribution in [0.2, 0.25) is 0 Å². The largest absolute Gasteiger partial charge is 0.465 e. The van der Waals surface area contributed by atoms with Crippen molar-refractivity contribution < 1.29 is 9.52 Å². The quantitative estimate of drug-likeness (QED) is 0.773. The van der Waals surface area contributed by atoms with E-state index in [9.17, 15) is 5.11 Å². The van der Waals surface area contributed by atoms with Crippen molar-refractivity contribution in [1.82, 2.24) is 5.32 Å². The van der Waals surface area contributed by atoms with Gasteiger partial charge in [0, 0.05) is 0 Å². The van der Waals surface area contributed by atoms with Crippen LogP contribution in [0.1, 0.15) is 63.0 Å². The van der Waals surface area contributed by atoms with Crippen molar-refractivity contribution in [3.8, 4) is 0 Å². The molecule has 0 radical (unpaired) electrons. The molecule has 1 aromatic rings. The third-order valence-corrected chi connectivity index (χ3v) is 4.26. The topological polar surface area (TPSA) is 45.4 Å². The second kappa shape index (κ2) is 7.11. The van der Waals surface area contributed by atoms with E-state index in [1.807, 2.05) is 19.1 Å². The molecule has 2 N–H and O–H groups in total. The van der Waals surface area contributed by atoms with Crippen LogP contribution in [0.3, 0.4) is 0 Å². The molecule has 108 valence electrons. The Kier molecular flexibility index (Phi) is 5.46. The van der Waals surface area contributed by atoms with Gasteiger partial charge in [0.1, 0.15) is 11.5 Å². The highest BCUT2D eigenvalue weighted by atomic mass is 16.3. The Bertz CT molecular complexity index is 375. The lowest BCUT2D eigenvalue weighted by atomic mass is 9.83. The van der Waals surface area contributed by atoms with E-state index in [2.05, 4.69) is 12.2 Å². The zero-order valence-electron chi connectivity index (χ0n) is 12.2. The molecule has 1 aromatic heterocycles. The highest BCUT2D eigenvalue weighted by molar-refractivity contribution is 5.08. The first kappa shape index (κ1) is 14.6. The van der Waals surface area contributed by atoms with Crippen molar-refractivity contribution in [1.29, 1.82) is 0 Å². The molecule has 3 heteroatoms. The van der Waals surface area contributed by atoms with Gasteiger partial charge in [0.25, 0.3) is 0 Å². The van der Waals surface area contributed by atoms with Gasteiger partial charge in [-0.15, -0.1) is 0 Å². The summed E-state index contributed by atoms with van der Waals surface area (Å²) in [6, 6.07) is 4.31. The predicted molar refractivity (Wildman–Crippen MR) is 77.1 cm³/mol. The molecule has 0 spiro atoms. The third kappa shape index (κ3) is 4.36. The van der Waals surface area contributed by atoms with Crippen molar-refractivity contribution in [3.63, 3.8) is 0 Å². The number of aliphatic hydroxyl groups is 1. The maximum absolute atomic E-state index is 9.92. The number of furan rings is 1. The van der Waals surface area contributed by atoms with Gasteiger partial charge in [-0.2, -0.15) is 0 Å². The fraction of sp³-hybridized carbons (Fsp3) is 0.750. The third-order valence-electron chi connectivity index (χ3n) is 4.26. The van der Waals surface area contributed by atoms with Crippen molar-refractivity contribution >= 4 is 0 Å². The van der Waals surface area contributed by atoms with Gasteiger partial charge in [-0.25, -0.2) is 0 Å². The number of hydrogen-bond acceptors (Lipinski definition) is 3. The first-order chi connectivity index (χ1) is 9.16. The molecule has 1 aliphatic carbocycles. The van der Waals surface area contributed by atoms with Crippen molar-refractivity contribution in [2.75, 3.05) is 6.54 Å². The van der Waals surface area contributed by atoms with E-state index in [1.165, 1.54) is 19.3 Å². The summed E-state index contributed by atoms with van der Waals surface area (Å²) in [6.45, 7) is 5.10. The first-order valence-electron chi connectivity index (χ1n) is 7.64. The molecule has 1 heterocycles. The van der Waals surface area contributed by atoms with Crippen LogP contribution in [0, 0.1) is 12.8 Å². The Balaban J connectivity index is 1.63. The van der Waals surface area contributed by atoms with E-state index in [0.717, 1.165) is 37.3 Å². The van der Waals surface area contributed by atoms with Crippen LogP contribution in [0.4, 0.5) is 0 Å². The van der Waals surface area contributed by atoms with Gasteiger partial charge in [0.05, 0.1) is 12.1 Å². The molecule has 1 aliphatic rings. The van der Waals surface area contributed by atoms with Gasteiger partial charge in [0.15, 0.2) is 0 Å². The Hall–Kier alpha value is -0.800. The highest BCUT2D eigenvalue weighted by Crippen LogP contribution is 2.27. The van der Waals surface area contributed by atoms with E-state index < -0.39 is 0 Å². The van der Waals surface area contributed by atoms with Gasteiger partial charge < -0.3 is 14.8 Å². The van der Waals surface area contributed by atoms with Crippen LogP contribution in [0.15, 0.2) is 16.5 Å². The molecule has 0 bridgehead atoms. The van der Waals surface area contributed by atoms with Crippen molar-refractivity contribution in [3.05, 3.63) is 23.7 Å². The summed E-state index contributed by atoms with van der Waals surface area (Å²) >= 11 is 0. The monoisotopic (exact) mass is 265 g/mol. The van der Waals surface area contributed by atoms with Crippen LogP contribution < -0.4 is 5.32 Å². The predicted octanol–water partition coefficient (Wildman–Crippen LogP) is 3.57. The minimum atomic E-state index is -0.0566. The molecular formula is C16H27NO2. The molecule has 0 amide bonds. The molecule has 19 heavy (non-hydrogen) atoms. The maximum atomic E-state index is 9.92. The standard InChI is InChI=1S/C16H27NO2/c1-12-9-10-16(19-12)13(2)17-11-5-7-14-6-3-4-8-15(14)18/h9-10,13-15,17-18H,3-8,11H2,1-2H3. The van der Waals surface area contributed by atoms with E-state index >= 15 is 0 Å². The average Bonchev–Trinajstić information content (AvgIpc) is 2.83. The Morgan fingerprint density at radius 3 is 2.84 bits per heavy atom. The van der Waals surface area contributed by atoms with Crippen LogP contribution >= 0.6 is 0 Å². The summed E-state index contributed by atoms with van der Waals surface area (Å²) in [5.74, 6) is 2.50. The van der Waals surface area contributed by atoms with Gasteiger partial charge in [0.2, 0.25) is 0 Å². The Morgan fingerprint density at radius 1 is 1.37 bits per heavy atom. The molecule has 0 aliphatic heterocycles. The fourth-order valence-electron chi connectivity index (χ4n) is 2.99. The summed E-state index contributed by atoms with van der Waals surface area (Å²) < 4.78 is 5.61. The van der Waals surface area contributed by atoms with Crippen molar-refractivity contribution in [2.24, 2.45) is 5.92 Å². The van der Waals surface area contributed by atoms with Crippen molar-refractivity contribution in [2.45, 2.75) is 64.5 Å². The number of aliphatic hydroxyl groups excluding tert-OH is 1. The molecule has 3 nitrogen and oxygen atoms in total. The van der Waals surface area contributed by atoms with E-state index in [0.29, 0.717) is 5.92 Å². The van der Waals surface area contributed by atoms with Gasteiger partial charge >= 0.3 is 0 Å². The maximum Gasteiger partial charge on any atom is 0.120 e. The van der Waals surface area contributed by atoms with E-state index in [1.54, 1.807) is 0 Å². The summed E-state index contributed by atoms with van der Waals surface area (Å²) in [4.78, 5) is 0. The molecule has 0 saturated heterocycles. The number of hydrogen-bond donors (Lipinski definition) is 2. The second-order valence-electron chi connectivity index (χ2n) is 5.88. The van der Waals surface area contributed by atoms with E-state index in [4.69, 9.17) is 4.42 Å². The summed E-state index contributed by atoms with van der Waals surface area (Å²) in [6.07, 6.45) is 6.90. The highest BCUT2D eigenvalue weighted by Gasteiger charge is 2.22. The summed E-state index contributed by atoms with van der Waals surface area (Å²) in [5.41, 5.74) is 0. The SMILES string of the molecule is Cc1ccc(C(C)NCCCC2CCCCC2O)o1. The minimum absolute atomic E-state index is 0.0566. The number of aryl methyl sites for hydroxylation is 1. The van der Waals surface area contributed by atoms with Crippen LogP contribution in [0.5, 0.6) is 0 Å². The van der Waals surface area contributed by atoms with Crippen LogP contribution in [-0.2, 0) is 0 Å². The first-order valence-corrected chi connectivity index (χ1v) is 7.64. The van der Waals surface area contributed by atoms with Gasteiger partial charge in [-0.1, -0.05) is 12.8 Å². The number of rotatable bonds is 6.